The van der Waals surface area contributed by atoms with Crippen molar-refractivity contribution in [1.29, 1.82) is 0 Å². The zero-order valence-corrected chi connectivity index (χ0v) is 12.5. The van der Waals surface area contributed by atoms with Crippen molar-refractivity contribution in [1.82, 2.24) is 10.4 Å². The third-order valence-corrected chi connectivity index (χ3v) is 4.87. The smallest absolute Gasteiger partial charge is 0.0667 e. The summed E-state index contributed by atoms with van der Waals surface area (Å²) in [5, 5.41) is 2.51. The third-order valence-electron chi connectivity index (χ3n) is 4.87. The standard InChI is InChI=1S/C15H30N2O/c1-5-15(4)11-14(9-10-18-15)16-17-12(2)7-6-8-13(17)3/h12-14,16H,5-11H2,1-4H3. The Morgan fingerprint density at radius 3 is 2.50 bits per heavy atom. The summed E-state index contributed by atoms with van der Waals surface area (Å²) in [6.07, 6.45) is 7.42. The number of hydrogen-bond donors (Lipinski definition) is 1. The summed E-state index contributed by atoms with van der Waals surface area (Å²) in [5.74, 6) is 0. The minimum Gasteiger partial charge on any atom is -0.375 e. The van der Waals surface area contributed by atoms with E-state index in [-0.39, 0.29) is 5.60 Å². The summed E-state index contributed by atoms with van der Waals surface area (Å²) in [5.41, 5.74) is 3.88. The van der Waals surface area contributed by atoms with E-state index in [2.05, 4.69) is 38.1 Å². The molecule has 0 aromatic heterocycles. The van der Waals surface area contributed by atoms with E-state index in [4.69, 9.17) is 4.74 Å². The predicted octanol–water partition coefficient (Wildman–Crippen LogP) is 3.10. The number of hydrazine groups is 1. The Hall–Kier alpha value is -0.120. The topological polar surface area (TPSA) is 24.5 Å². The lowest BCUT2D eigenvalue weighted by molar-refractivity contribution is -0.0950. The van der Waals surface area contributed by atoms with Gasteiger partial charge in [0.05, 0.1) is 5.60 Å². The molecule has 0 bridgehead atoms. The van der Waals surface area contributed by atoms with Crippen LogP contribution in [-0.4, -0.2) is 35.3 Å². The van der Waals surface area contributed by atoms with Crippen LogP contribution < -0.4 is 5.43 Å². The molecule has 4 unspecified atom stereocenters. The molecule has 1 N–H and O–H groups in total. The molecule has 18 heavy (non-hydrogen) atoms. The van der Waals surface area contributed by atoms with E-state index in [1.165, 1.54) is 19.3 Å². The Balaban J connectivity index is 1.91. The minimum absolute atomic E-state index is 0.0815. The molecule has 4 atom stereocenters. The van der Waals surface area contributed by atoms with Gasteiger partial charge in [-0.3, -0.25) is 5.43 Å². The highest BCUT2D eigenvalue weighted by molar-refractivity contribution is 4.87. The van der Waals surface area contributed by atoms with E-state index >= 15 is 0 Å². The van der Waals surface area contributed by atoms with Crippen molar-refractivity contribution in [3.63, 3.8) is 0 Å². The number of nitrogens with zero attached hydrogens (tertiary/aromatic N) is 1. The Morgan fingerprint density at radius 2 is 1.89 bits per heavy atom. The average Bonchev–Trinajstić information content (AvgIpc) is 2.34. The van der Waals surface area contributed by atoms with Gasteiger partial charge in [-0.25, -0.2) is 5.01 Å². The second kappa shape index (κ2) is 5.89. The van der Waals surface area contributed by atoms with Crippen molar-refractivity contribution in [3.8, 4) is 0 Å². The van der Waals surface area contributed by atoms with Crippen LogP contribution in [0.25, 0.3) is 0 Å². The van der Waals surface area contributed by atoms with Gasteiger partial charge in [-0.1, -0.05) is 13.3 Å². The van der Waals surface area contributed by atoms with Crippen molar-refractivity contribution in [3.05, 3.63) is 0 Å². The number of piperidine rings is 1. The second-order valence-electron chi connectivity index (χ2n) is 6.51. The van der Waals surface area contributed by atoms with Gasteiger partial charge in [0.15, 0.2) is 0 Å². The number of ether oxygens (including phenoxy) is 1. The number of nitrogens with one attached hydrogen (secondary N) is 1. The van der Waals surface area contributed by atoms with Crippen LogP contribution in [0, 0.1) is 0 Å². The molecule has 3 heteroatoms. The zero-order valence-electron chi connectivity index (χ0n) is 12.5. The Morgan fingerprint density at radius 1 is 1.22 bits per heavy atom. The Kier molecular flexibility index (Phi) is 4.68. The molecule has 2 rings (SSSR count). The van der Waals surface area contributed by atoms with Crippen molar-refractivity contribution in [2.75, 3.05) is 6.61 Å². The Bertz CT molecular complexity index is 261. The molecule has 0 aliphatic carbocycles. The molecule has 106 valence electrons. The van der Waals surface area contributed by atoms with Crippen LogP contribution in [0.15, 0.2) is 0 Å². The molecule has 2 fully saturated rings. The maximum atomic E-state index is 5.93. The first kappa shape index (κ1) is 14.3. The van der Waals surface area contributed by atoms with Crippen LogP contribution in [0.3, 0.4) is 0 Å². The van der Waals surface area contributed by atoms with E-state index in [0.717, 1.165) is 25.9 Å². The van der Waals surface area contributed by atoms with E-state index in [1.807, 2.05) is 0 Å². The van der Waals surface area contributed by atoms with Gasteiger partial charge in [0.25, 0.3) is 0 Å². The molecule has 0 amide bonds. The van der Waals surface area contributed by atoms with Crippen LogP contribution in [0.4, 0.5) is 0 Å². The average molecular weight is 254 g/mol. The third kappa shape index (κ3) is 3.25. The van der Waals surface area contributed by atoms with Gasteiger partial charge >= 0.3 is 0 Å². The molecule has 2 saturated heterocycles. The van der Waals surface area contributed by atoms with Gasteiger partial charge in [0.2, 0.25) is 0 Å². The Labute approximate surface area is 112 Å². The molecular weight excluding hydrogens is 224 g/mol. The first-order valence-corrected chi connectivity index (χ1v) is 7.72. The summed E-state index contributed by atoms with van der Waals surface area (Å²) in [7, 11) is 0. The molecule has 0 aromatic rings. The van der Waals surface area contributed by atoms with Crippen molar-refractivity contribution in [2.45, 2.75) is 89.9 Å². The predicted molar refractivity (Wildman–Crippen MR) is 75.4 cm³/mol. The molecule has 3 nitrogen and oxygen atoms in total. The largest absolute Gasteiger partial charge is 0.375 e. The van der Waals surface area contributed by atoms with E-state index < -0.39 is 0 Å². The summed E-state index contributed by atoms with van der Waals surface area (Å²) in [4.78, 5) is 0. The lowest BCUT2D eigenvalue weighted by atomic mass is 9.90. The van der Waals surface area contributed by atoms with Crippen LogP contribution in [0.5, 0.6) is 0 Å². The fourth-order valence-corrected chi connectivity index (χ4v) is 3.37. The first-order chi connectivity index (χ1) is 8.54. The van der Waals surface area contributed by atoms with Gasteiger partial charge < -0.3 is 4.74 Å². The summed E-state index contributed by atoms with van der Waals surface area (Å²) in [6.45, 7) is 10.1. The molecule has 0 aromatic carbocycles. The monoisotopic (exact) mass is 254 g/mol. The molecular formula is C15H30N2O. The number of hydrogen-bond acceptors (Lipinski definition) is 3. The maximum absolute atomic E-state index is 5.93. The summed E-state index contributed by atoms with van der Waals surface area (Å²) >= 11 is 0. The molecule has 2 aliphatic rings. The zero-order chi connectivity index (χ0) is 13.2. The van der Waals surface area contributed by atoms with Gasteiger partial charge in [0.1, 0.15) is 0 Å². The van der Waals surface area contributed by atoms with Gasteiger partial charge in [-0.2, -0.15) is 0 Å². The van der Waals surface area contributed by atoms with Gasteiger partial charge in [-0.15, -0.1) is 0 Å². The molecule has 0 spiro atoms. The van der Waals surface area contributed by atoms with Crippen LogP contribution in [0.2, 0.25) is 0 Å². The highest BCUT2D eigenvalue weighted by Gasteiger charge is 2.34. The minimum atomic E-state index is 0.0815. The molecule has 2 heterocycles. The molecule has 0 saturated carbocycles. The lowest BCUT2D eigenvalue weighted by Crippen LogP contribution is -2.58. The van der Waals surface area contributed by atoms with Gasteiger partial charge in [-0.05, 0) is 52.9 Å². The van der Waals surface area contributed by atoms with E-state index in [9.17, 15) is 0 Å². The van der Waals surface area contributed by atoms with Crippen LogP contribution in [-0.2, 0) is 4.74 Å². The fraction of sp³-hybridized carbons (Fsp3) is 1.00. The molecule has 2 aliphatic heterocycles. The maximum Gasteiger partial charge on any atom is 0.0667 e. The first-order valence-electron chi connectivity index (χ1n) is 7.72. The highest BCUT2D eigenvalue weighted by Crippen LogP contribution is 2.29. The lowest BCUT2D eigenvalue weighted by Gasteiger charge is -2.45. The van der Waals surface area contributed by atoms with Crippen LogP contribution >= 0.6 is 0 Å². The SMILES string of the molecule is CCC1(C)CC(NN2C(C)CCCC2C)CCO1. The fourth-order valence-electron chi connectivity index (χ4n) is 3.37. The summed E-state index contributed by atoms with van der Waals surface area (Å²) < 4.78 is 5.93. The van der Waals surface area contributed by atoms with Crippen molar-refractivity contribution in [2.24, 2.45) is 0 Å². The van der Waals surface area contributed by atoms with Crippen molar-refractivity contribution < 1.29 is 4.74 Å². The number of rotatable bonds is 3. The van der Waals surface area contributed by atoms with E-state index in [0.29, 0.717) is 18.1 Å². The van der Waals surface area contributed by atoms with E-state index in [1.54, 1.807) is 0 Å². The van der Waals surface area contributed by atoms with Gasteiger partial charge in [0, 0.05) is 24.7 Å². The normalized spacial score (nSPS) is 43.0. The second-order valence-corrected chi connectivity index (χ2v) is 6.51. The summed E-state index contributed by atoms with van der Waals surface area (Å²) in [6, 6.07) is 1.93. The van der Waals surface area contributed by atoms with Crippen molar-refractivity contribution >= 4 is 0 Å². The van der Waals surface area contributed by atoms with Crippen LogP contribution in [0.1, 0.15) is 66.2 Å². The highest BCUT2D eigenvalue weighted by atomic mass is 16.5. The quantitative estimate of drug-likeness (QED) is 0.837. The molecule has 0 radical (unpaired) electrons.